The van der Waals surface area contributed by atoms with Crippen molar-refractivity contribution in [2.24, 2.45) is 5.92 Å². The zero-order chi connectivity index (χ0) is 16.2. The molecule has 0 spiro atoms. The molecule has 2 aliphatic rings. The van der Waals surface area contributed by atoms with E-state index < -0.39 is 0 Å². The summed E-state index contributed by atoms with van der Waals surface area (Å²) in [7, 11) is 0. The summed E-state index contributed by atoms with van der Waals surface area (Å²) < 4.78 is 2.25. The van der Waals surface area contributed by atoms with E-state index in [-0.39, 0.29) is 11.9 Å². The lowest BCUT2D eigenvalue weighted by atomic mass is 9.98. The third-order valence-corrected chi connectivity index (χ3v) is 5.09. The molecule has 0 aliphatic carbocycles. The Hall–Kier alpha value is -1.36. The highest BCUT2D eigenvalue weighted by molar-refractivity contribution is 5.82. The molecule has 1 aromatic rings. The van der Waals surface area contributed by atoms with Crippen molar-refractivity contribution >= 4 is 5.91 Å². The summed E-state index contributed by atoms with van der Waals surface area (Å²) in [5.74, 6) is 1.67. The molecule has 2 aliphatic heterocycles. The van der Waals surface area contributed by atoms with E-state index in [1.165, 1.54) is 37.9 Å². The Morgan fingerprint density at radius 1 is 1.17 bits per heavy atom. The number of hydrogen-bond acceptors (Lipinski definition) is 3. The van der Waals surface area contributed by atoms with Gasteiger partial charge in [0.25, 0.3) is 0 Å². The van der Waals surface area contributed by atoms with Crippen LogP contribution < -0.4 is 5.32 Å². The van der Waals surface area contributed by atoms with E-state index in [9.17, 15) is 4.79 Å². The number of aryl methyl sites for hydroxylation is 2. The number of hydrogen-bond donors (Lipinski definition) is 1. The molecule has 5 heteroatoms. The largest absolute Gasteiger partial charge is 0.349 e. The Labute approximate surface area is 139 Å². The van der Waals surface area contributed by atoms with Crippen LogP contribution in [0.4, 0.5) is 0 Å². The minimum Gasteiger partial charge on any atom is -0.349 e. The lowest BCUT2D eigenvalue weighted by molar-refractivity contribution is -0.128. The van der Waals surface area contributed by atoms with Gasteiger partial charge in [0.15, 0.2) is 0 Å². The van der Waals surface area contributed by atoms with Crippen molar-refractivity contribution in [3.63, 3.8) is 0 Å². The maximum absolute atomic E-state index is 12.7. The van der Waals surface area contributed by atoms with Gasteiger partial charge in [0, 0.05) is 19.2 Å². The molecule has 1 unspecified atom stereocenters. The number of aromatic nitrogens is 2. The fraction of sp³-hybridized carbons (Fsp3) is 0.778. The molecule has 3 rings (SSSR count). The predicted molar refractivity (Wildman–Crippen MR) is 91.1 cm³/mol. The van der Waals surface area contributed by atoms with Crippen LogP contribution in [0.3, 0.4) is 0 Å². The number of nitrogens with one attached hydrogen (secondary N) is 1. The molecule has 0 saturated carbocycles. The normalized spacial score (nSPS) is 20.3. The maximum atomic E-state index is 12.7. The van der Waals surface area contributed by atoms with E-state index in [1.807, 2.05) is 0 Å². The summed E-state index contributed by atoms with van der Waals surface area (Å²) in [4.78, 5) is 19.7. The van der Waals surface area contributed by atoms with Gasteiger partial charge in [0.2, 0.25) is 5.91 Å². The number of likely N-dealkylation sites (tertiary alicyclic amines) is 1. The van der Waals surface area contributed by atoms with Crippen molar-refractivity contribution in [1.82, 2.24) is 19.8 Å². The first-order chi connectivity index (χ1) is 11.1. The number of carbonyl (C=O) groups excluding carboxylic acids is 1. The number of nitrogens with zero attached hydrogens (tertiary/aromatic N) is 3. The molecule has 1 saturated heterocycles. The fourth-order valence-electron chi connectivity index (χ4n) is 3.93. The monoisotopic (exact) mass is 318 g/mol. The second kappa shape index (κ2) is 7.47. The number of piperidine rings is 1. The number of amides is 1. The first-order valence-electron chi connectivity index (χ1n) is 9.22. The Bertz CT molecular complexity index is 508. The number of fused-ring (bicyclic) bond motifs is 1. The lowest BCUT2D eigenvalue weighted by Gasteiger charge is -2.35. The van der Waals surface area contributed by atoms with E-state index in [2.05, 4.69) is 39.8 Å². The van der Waals surface area contributed by atoms with Gasteiger partial charge in [-0.2, -0.15) is 0 Å². The average Bonchev–Trinajstić information content (AvgIpc) is 2.96. The van der Waals surface area contributed by atoms with Crippen molar-refractivity contribution in [2.75, 3.05) is 13.1 Å². The van der Waals surface area contributed by atoms with Crippen LogP contribution in [0.15, 0.2) is 6.20 Å². The number of imidazole rings is 1. The molecule has 1 fully saturated rings. The molecular formula is C18H30N4O. The highest BCUT2D eigenvalue weighted by atomic mass is 16.2. The van der Waals surface area contributed by atoms with Gasteiger partial charge < -0.3 is 9.88 Å². The molecule has 0 aromatic carbocycles. The van der Waals surface area contributed by atoms with Gasteiger partial charge in [-0.15, -0.1) is 0 Å². The van der Waals surface area contributed by atoms with Crippen LogP contribution in [0.5, 0.6) is 0 Å². The lowest BCUT2D eigenvalue weighted by Crippen LogP contribution is -2.51. The Morgan fingerprint density at radius 3 is 2.61 bits per heavy atom. The first kappa shape index (κ1) is 16.5. The van der Waals surface area contributed by atoms with Crippen molar-refractivity contribution in [3.05, 3.63) is 17.7 Å². The van der Waals surface area contributed by atoms with Gasteiger partial charge in [0.05, 0.1) is 18.3 Å². The van der Waals surface area contributed by atoms with Crippen LogP contribution in [0.1, 0.15) is 57.5 Å². The van der Waals surface area contributed by atoms with Crippen LogP contribution in [0.2, 0.25) is 0 Å². The fourth-order valence-corrected chi connectivity index (χ4v) is 3.93. The summed E-state index contributed by atoms with van der Waals surface area (Å²) in [6.45, 7) is 8.01. The van der Waals surface area contributed by atoms with Crippen molar-refractivity contribution < 1.29 is 4.79 Å². The molecule has 1 amide bonds. The SMILES string of the molecule is CC(C)C(C(=O)NCc1cn2c(n1)CCCC2)N1CCCCC1. The molecule has 1 aromatic heterocycles. The van der Waals surface area contributed by atoms with Crippen LogP contribution in [-0.2, 0) is 24.3 Å². The van der Waals surface area contributed by atoms with Crippen LogP contribution >= 0.6 is 0 Å². The average molecular weight is 318 g/mol. The van der Waals surface area contributed by atoms with Gasteiger partial charge in [-0.25, -0.2) is 4.98 Å². The summed E-state index contributed by atoms with van der Waals surface area (Å²) >= 11 is 0. The molecule has 1 atom stereocenters. The minimum absolute atomic E-state index is 0.00691. The van der Waals surface area contributed by atoms with E-state index >= 15 is 0 Å². The van der Waals surface area contributed by atoms with Crippen molar-refractivity contribution in [1.29, 1.82) is 0 Å². The van der Waals surface area contributed by atoms with E-state index in [0.717, 1.165) is 31.7 Å². The topological polar surface area (TPSA) is 50.2 Å². The van der Waals surface area contributed by atoms with Crippen LogP contribution in [0, 0.1) is 5.92 Å². The number of carbonyl (C=O) groups is 1. The van der Waals surface area contributed by atoms with Gasteiger partial charge in [-0.3, -0.25) is 9.69 Å². The summed E-state index contributed by atoms with van der Waals surface area (Å²) in [5, 5.41) is 3.13. The molecule has 5 nitrogen and oxygen atoms in total. The third-order valence-electron chi connectivity index (χ3n) is 5.09. The summed E-state index contributed by atoms with van der Waals surface area (Å²) in [6.07, 6.45) is 9.36. The van der Waals surface area contributed by atoms with E-state index in [4.69, 9.17) is 0 Å². The van der Waals surface area contributed by atoms with Gasteiger partial charge in [0.1, 0.15) is 5.82 Å². The molecule has 128 valence electrons. The second-order valence-electron chi connectivity index (χ2n) is 7.30. The Kier molecular flexibility index (Phi) is 5.36. The van der Waals surface area contributed by atoms with Crippen LogP contribution in [0.25, 0.3) is 0 Å². The molecule has 0 bridgehead atoms. The van der Waals surface area contributed by atoms with Gasteiger partial charge in [-0.05, 0) is 44.7 Å². The minimum atomic E-state index is -0.00691. The molecule has 0 radical (unpaired) electrons. The highest BCUT2D eigenvalue weighted by Crippen LogP contribution is 2.18. The van der Waals surface area contributed by atoms with Crippen molar-refractivity contribution in [2.45, 2.75) is 71.5 Å². The Balaban J connectivity index is 1.59. The molecule has 23 heavy (non-hydrogen) atoms. The Morgan fingerprint density at radius 2 is 1.91 bits per heavy atom. The third kappa shape index (κ3) is 3.94. The van der Waals surface area contributed by atoms with Crippen LogP contribution in [-0.4, -0.2) is 39.5 Å². The zero-order valence-electron chi connectivity index (χ0n) is 14.6. The second-order valence-corrected chi connectivity index (χ2v) is 7.30. The van der Waals surface area contributed by atoms with Crippen molar-refractivity contribution in [3.8, 4) is 0 Å². The quantitative estimate of drug-likeness (QED) is 0.906. The highest BCUT2D eigenvalue weighted by Gasteiger charge is 2.29. The molecular weight excluding hydrogens is 288 g/mol. The van der Waals surface area contributed by atoms with E-state index in [0.29, 0.717) is 12.5 Å². The van der Waals surface area contributed by atoms with E-state index in [1.54, 1.807) is 0 Å². The van der Waals surface area contributed by atoms with Gasteiger partial charge in [-0.1, -0.05) is 20.3 Å². The molecule has 1 N–H and O–H groups in total. The summed E-state index contributed by atoms with van der Waals surface area (Å²) in [5.41, 5.74) is 0.997. The predicted octanol–water partition coefficient (Wildman–Crippen LogP) is 2.35. The first-order valence-corrected chi connectivity index (χ1v) is 9.22. The smallest absolute Gasteiger partial charge is 0.237 e. The van der Waals surface area contributed by atoms with Gasteiger partial charge >= 0.3 is 0 Å². The standard InChI is InChI=1S/C18H30N4O/c1-14(2)17(21-9-5-3-6-10-21)18(23)19-12-15-13-22-11-7-4-8-16(22)20-15/h13-14,17H,3-12H2,1-2H3,(H,19,23). The zero-order valence-corrected chi connectivity index (χ0v) is 14.6. The maximum Gasteiger partial charge on any atom is 0.237 e. The molecule has 3 heterocycles. The summed E-state index contributed by atoms with van der Waals surface area (Å²) in [6, 6.07) is -0.00691. The number of rotatable bonds is 5.